The lowest BCUT2D eigenvalue weighted by Crippen LogP contribution is -2.61. The van der Waals surface area contributed by atoms with Crippen molar-refractivity contribution in [3.63, 3.8) is 0 Å². The van der Waals surface area contributed by atoms with Crippen molar-refractivity contribution in [2.45, 2.75) is 384 Å². The van der Waals surface area contributed by atoms with E-state index in [1.165, 1.54) is 263 Å². The van der Waals surface area contributed by atoms with Crippen LogP contribution in [0.4, 0.5) is 0 Å². The number of aliphatic hydroxyl groups is 4. The number of hydrogen-bond donors (Lipinski definition) is 6. The van der Waals surface area contributed by atoms with E-state index in [4.69, 9.17) is 9.47 Å². The summed E-state index contributed by atoms with van der Waals surface area (Å²) in [4.78, 5) is 13.2. The van der Waals surface area contributed by atoms with Crippen molar-refractivity contribution in [3.05, 3.63) is 0 Å². The van der Waals surface area contributed by atoms with Crippen molar-refractivity contribution < 1.29 is 51.8 Å². The number of carbonyl (C=O) groups is 1. The molecule has 0 radical (unpaired) electrons. The summed E-state index contributed by atoms with van der Waals surface area (Å²) in [5, 5.41) is 45.3. The molecule has 454 valence electrons. The highest BCUT2D eigenvalue weighted by molar-refractivity contribution is 7.80. The van der Waals surface area contributed by atoms with Gasteiger partial charge < -0.3 is 35.2 Å². The van der Waals surface area contributed by atoms with Gasteiger partial charge in [-0.05, 0) is 12.8 Å². The van der Waals surface area contributed by atoms with Crippen LogP contribution in [0.3, 0.4) is 0 Å². The van der Waals surface area contributed by atoms with Gasteiger partial charge in [-0.1, -0.05) is 322 Å². The molecule has 1 fully saturated rings. The standard InChI is InChI=1S/C63H125NO11S/c1-3-5-7-9-11-13-15-17-19-21-23-25-27-28-29-31-33-35-37-39-41-43-45-47-49-51-53-59(67)64-56(55-73-63-61(69)62(75-76(70,71)72)60(68)58(54-65)74-63)57(66)52-50-48-46-44-42-40-38-36-34-32-30-26-24-22-20-18-16-14-12-10-8-6-4-2/h56-58,60-63,65-66,68-69H,3-55H2,1-2H3,(H,64,67)(H,70,71,72). The third-order valence-corrected chi connectivity index (χ3v) is 16.6. The molecule has 0 spiro atoms. The number of hydrogen-bond acceptors (Lipinski definition) is 10. The topological polar surface area (TPSA) is 192 Å². The summed E-state index contributed by atoms with van der Waals surface area (Å²) in [5.41, 5.74) is 0. The molecule has 0 bridgehead atoms. The molecule has 76 heavy (non-hydrogen) atoms. The highest BCUT2D eigenvalue weighted by Gasteiger charge is 2.48. The minimum Gasteiger partial charge on any atom is -0.394 e. The van der Waals surface area contributed by atoms with E-state index in [0.717, 1.165) is 51.4 Å². The van der Waals surface area contributed by atoms with Crippen LogP contribution >= 0.6 is 0 Å². The van der Waals surface area contributed by atoms with Gasteiger partial charge in [0, 0.05) is 6.42 Å². The Labute approximate surface area is 468 Å². The fourth-order valence-corrected chi connectivity index (χ4v) is 11.6. The maximum Gasteiger partial charge on any atom is 0.397 e. The largest absolute Gasteiger partial charge is 0.397 e. The van der Waals surface area contributed by atoms with E-state index >= 15 is 0 Å². The molecule has 7 unspecified atom stereocenters. The number of unbranched alkanes of at least 4 members (excludes halogenated alkanes) is 47. The highest BCUT2D eigenvalue weighted by Crippen LogP contribution is 2.27. The van der Waals surface area contributed by atoms with Gasteiger partial charge in [-0.3, -0.25) is 9.35 Å². The van der Waals surface area contributed by atoms with Gasteiger partial charge in [0.05, 0.1) is 25.4 Å². The van der Waals surface area contributed by atoms with Gasteiger partial charge in [-0.2, -0.15) is 8.42 Å². The molecule has 0 aliphatic carbocycles. The Kier molecular flexibility index (Phi) is 51.4. The molecule has 1 heterocycles. The van der Waals surface area contributed by atoms with Crippen LogP contribution in [0.15, 0.2) is 0 Å². The Hall–Kier alpha value is -0.900. The SMILES string of the molecule is CCCCCCCCCCCCCCCCCCCCCCCCCCCCC(=O)NC(COC1OC(CO)C(O)C(OS(=O)(=O)O)C1O)C(O)CCCCCCCCCCCCCCCCCCCCCCCCC. The normalized spacial score (nSPS) is 18.9. The van der Waals surface area contributed by atoms with Gasteiger partial charge >= 0.3 is 10.4 Å². The average molecular weight is 1100 g/mol. The van der Waals surface area contributed by atoms with Crippen molar-refractivity contribution in [2.24, 2.45) is 0 Å². The summed E-state index contributed by atoms with van der Waals surface area (Å²) in [7, 11) is -5.08. The van der Waals surface area contributed by atoms with E-state index in [9.17, 15) is 38.2 Å². The molecule has 1 amide bonds. The smallest absolute Gasteiger partial charge is 0.394 e. The van der Waals surface area contributed by atoms with Crippen molar-refractivity contribution in [3.8, 4) is 0 Å². The first kappa shape index (κ1) is 73.1. The first-order valence-electron chi connectivity index (χ1n) is 32.9. The first-order valence-corrected chi connectivity index (χ1v) is 34.3. The maximum atomic E-state index is 13.2. The summed E-state index contributed by atoms with van der Waals surface area (Å²) < 4.78 is 48.1. The molecule has 1 saturated heterocycles. The number of ether oxygens (including phenoxy) is 2. The quantitative estimate of drug-likeness (QED) is 0.0251. The van der Waals surface area contributed by atoms with Crippen molar-refractivity contribution in [2.75, 3.05) is 13.2 Å². The van der Waals surface area contributed by atoms with Crippen molar-refractivity contribution in [1.29, 1.82) is 0 Å². The van der Waals surface area contributed by atoms with Crippen LogP contribution in [0.2, 0.25) is 0 Å². The van der Waals surface area contributed by atoms with Gasteiger partial charge in [-0.25, -0.2) is 4.18 Å². The van der Waals surface area contributed by atoms with Gasteiger partial charge in [-0.15, -0.1) is 0 Å². The number of aliphatic hydroxyl groups excluding tert-OH is 4. The Balaban J connectivity index is 2.27. The van der Waals surface area contributed by atoms with Crippen molar-refractivity contribution in [1.82, 2.24) is 5.32 Å². The monoisotopic (exact) mass is 1100 g/mol. The van der Waals surface area contributed by atoms with Gasteiger partial charge in [0.1, 0.15) is 24.4 Å². The van der Waals surface area contributed by atoms with E-state index in [-0.39, 0.29) is 12.5 Å². The van der Waals surface area contributed by atoms with Crippen LogP contribution in [0.5, 0.6) is 0 Å². The van der Waals surface area contributed by atoms with E-state index < -0.39 is 59.9 Å². The summed E-state index contributed by atoms with van der Waals surface area (Å²) >= 11 is 0. The Morgan fingerprint density at radius 1 is 0.474 bits per heavy atom. The molecule has 0 aromatic carbocycles. The van der Waals surface area contributed by atoms with E-state index in [1.807, 2.05) is 0 Å². The lowest BCUT2D eigenvalue weighted by Gasteiger charge is -2.41. The molecule has 1 aliphatic rings. The molecule has 0 aromatic rings. The second kappa shape index (κ2) is 53.4. The van der Waals surface area contributed by atoms with Gasteiger partial charge in [0.2, 0.25) is 5.91 Å². The summed E-state index contributed by atoms with van der Waals surface area (Å²) in [6.45, 7) is 3.53. The molecule has 0 saturated carbocycles. The molecule has 0 aromatic heterocycles. The van der Waals surface area contributed by atoms with Crippen LogP contribution in [-0.2, 0) is 28.9 Å². The van der Waals surface area contributed by atoms with Crippen LogP contribution in [0.25, 0.3) is 0 Å². The van der Waals surface area contributed by atoms with E-state index in [1.54, 1.807) is 0 Å². The summed E-state index contributed by atoms with van der Waals surface area (Å²) in [6, 6.07) is -0.854. The minimum atomic E-state index is -5.08. The molecule has 6 N–H and O–H groups in total. The molecule has 7 atom stereocenters. The third kappa shape index (κ3) is 44.8. The zero-order valence-electron chi connectivity index (χ0n) is 49.6. The fraction of sp³-hybridized carbons (Fsp3) is 0.984. The predicted molar refractivity (Wildman–Crippen MR) is 315 cm³/mol. The molecule has 13 heteroatoms. The Morgan fingerprint density at radius 3 is 1.05 bits per heavy atom. The minimum absolute atomic E-state index is 0.220. The van der Waals surface area contributed by atoms with Crippen LogP contribution in [-0.4, -0.2) is 95.4 Å². The van der Waals surface area contributed by atoms with Gasteiger partial charge in [0.25, 0.3) is 0 Å². The molecule has 1 rings (SSSR count). The van der Waals surface area contributed by atoms with E-state index in [0.29, 0.717) is 12.8 Å². The summed E-state index contributed by atoms with van der Waals surface area (Å²) in [5.74, 6) is -0.220. The molecular weight excluding hydrogens is 979 g/mol. The lowest BCUT2D eigenvalue weighted by atomic mass is 9.99. The second-order valence-corrected chi connectivity index (χ2v) is 24.5. The first-order chi connectivity index (χ1) is 37.0. The highest BCUT2D eigenvalue weighted by atomic mass is 32.3. The van der Waals surface area contributed by atoms with Crippen LogP contribution in [0, 0.1) is 0 Å². The maximum absolute atomic E-state index is 13.2. The predicted octanol–water partition coefficient (Wildman–Crippen LogP) is 16.4. The zero-order chi connectivity index (χ0) is 55.4. The molecule has 12 nitrogen and oxygen atoms in total. The fourth-order valence-electron chi connectivity index (χ4n) is 11.1. The van der Waals surface area contributed by atoms with Crippen LogP contribution in [0.1, 0.15) is 341 Å². The molecular formula is C63H125NO11S. The van der Waals surface area contributed by atoms with Crippen molar-refractivity contribution >= 4 is 16.3 Å². The summed E-state index contributed by atoms with van der Waals surface area (Å²) in [6.07, 6.45) is 55.5. The van der Waals surface area contributed by atoms with Gasteiger partial charge in [0.15, 0.2) is 6.29 Å². The number of nitrogens with one attached hydrogen (secondary N) is 1. The van der Waals surface area contributed by atoms with E-state index in [2.05, 4.69) is 23.3 Å². The third-order valence-electron chi connectivity index (χ3n) is 16.2. The number of carbonyl (C=O) groups excluding carboxylic acids is 1. The number of rotatable bonds is 59. The lowest BCUT2D eigenvalue weighted by molar-refractivity contribution is -0.298. The second-order valence-electron chi connectivity index (χ2n) is 23.4. The Morgan fingerprint density at radius 2 is 0.763 bits per heavy atom. The molecule has 1 aliphatic heterocycles. The number of amides is 1. The van der Waals surface area contributed by atoms with Crippen LogP contribution < -0.4 is 5.32 Å². The Bertz CT molecular complexity index is 1340. The zero-order valence-corrected chi connectivity index (χ0v) is 50.4. The average Bonchev–Trinajstić information content (AvgIpc) is 3.40.